The Kier molecular flexibility index (Phi) is 7.26. The Morgan fingerprint density at radius 1 is 1.07 bits per heavy atom. The maximum atomic E-state index is 12.6. The van der Waals surface area contributed by atoms with Crippen LogP contribution in [-0.2, 0) is 21.2 Å². The van der Waals surface area contributed by atoms with Crippen molar-refractivity contribution in [2.24, 2.45) is 5.92 Å². The van der Waals surface area contributed by atoms with Crippen LogP contribution in [0.1, 0.15) is 24.8 Å². The standard InChI is InChI=1S/C21H25BrN2O3S/c22-19-9-4-10-20(16-19)23-21(25)18-11-13-24(14-12-18)28(26,27)15-5-8-17-6-2-1-3-7-17/h1-4,6-7,9-10,16,18H,5,8,11-15H2,(H,23,25). The van der Waals surface area contributed by atoms with Gasteiger partial charge in [0.15, 0.2) is 0 Å². The third-order valence-corrected chi connectivity index (χ3v) is 7.47. The van der Waals surface area contributed by atoms with Crippen molar-refractivity contribution in [3.8, 4) is 0 Å². The summed E-state index contributed by atoms with van der Waals surface area (Å²) in [6.07, 6.45) is 2.47. The minimum atomic E-state index is -3.27. The number of halogens is 1. The fourth-order valence-electron chi connectivity index (χ4n) is 3.44. The molecule has 0 bridgehead atoms. The van der Waals surface area contributed by atoms with Crippen molar-refractivity contribution in [2.75, 3.05) is 24.2 Å². The van der Waals surface area contributed by atoms with Crippen molar-refractivity contribution < 1.29 is 13.2 Å². The second-order valence-corrected chi connectivity index (χ2v) is 10.1. The van der Waals surface area contributed by atoms with E-state index < -0.39 is 10.0 Å². The summed E-state index contributed by atoms with van der Waals surface area (Å²) >= 11 is 3.39. The molecule has 0 unspecified atom stereocenters. The molecule has 0 saturated carbocycles. The van der Waals surface area contributed by atoms with Crippen molar-refractivity contribution in [3.63, 3.8) is 0 Å². The number of benzene rings is 2. The summed E-state index contributed by atoms with van der Waals surface area (Å²) in [5, 5.41) is 2.92. The van der Waals surface area contributed by atoms with Crippen LogP contribution in [-0.4, -0.2) is 37.5 Å². The predicted molar refractivity (Wildman–Crippen MR) is 116 cm³/mol. The van der Waals surface area contributed by atoms with Crippen molar-refractivity contribution >= 4 is 37.5 Å². The topological polar surface area (TPSA) is 66.5 Å². The van der Waals surface area contributed by atoms with Gasteiger partial charge < -0.3 is 5.32 Å². The first kappa shape index (κ1) is 21.0. The first-order valence-electron chi connectivity index (χ1n) is 9.52. The minimum absolute atomic E-state index is 0.0424. The zero-order valence-corrected chi connectivity index (χ0v) is 18.1. The number of hydrogen-bond donors (Lipinski definition) is 1. The molecule has 0 spiro atoms. The highest BCUT2D eigenvalue weighted by Gasteiger charge is 2.30. The quantitative estimate of drug-likeness (QED) is 0.671. The van der Waals surface area contributed by atoms with Gasteiger partial charge in [0, 0.05) is 29.2 Å². The van der Waals surface area contributed by atoms with Gasteiger partial charge in [-0.1, -0.05) is 52.3 Å². The first-order chi connectivity index (χ1) is 13.4. The van der Waals surface area contributed by atoms with Crippen LogP contribution in [0.4, 0.5) is 5.69 Å². The van der Waals surface area contributed by atoms with Gasteiger partial charge in [-0.05, 0) is 49.4 Å². The molecule has 1 heterocycles. The molecule has 1 saturated heterocycles. The zero-order valence-electron chi connectivity index (χ0n) is 15.7. The van der Waals surface area contributed by atoms with Crippen LogP contribution in [0.15, 0.2) is 59.1 Å². The molecule has 1 aliphatic rings. The molecule has 3 rings (SSSR count). The predicted octanol–water partition coefficient (Wildman–Crippen LogP) is 4.06. The van der Waals surface area contributed by atoms with E-state index in [9.17, 15) is 13.2 Å². The van der Waals surface area contributed by atoms with Crippen molar-refractivity contribution in [3.05, 3.63) is 64.6 Å². The fraction of sp³-hybridized carbons (Fsp3) is 0.381. The van der Waals surface area contributed by atoms with Gasteiger partial charge >= 0.3 is 0 Å². The van der Waals surface area contributed by atoms with Crippen molar-refractivity contribution in [1.82, 2.24) is 4.31 Å². The average Bonchev–Trinajstić information content (AvgIpc) is 2.69. The van der Waals surface area contributed by atoms with Gasteiger partial charge in [0.05, 0.1) is 5.75 Å². The van der Waals surface area contributed by atoms with Crippen LogP contribution >= 0.6 is 15.9 Å². The maximum Gasteiger partial charge on any atom is 0.227 e. The van der Waals surface area contributed by atoms with E-state index in [0.717, 1.165) is 22.1 Å². The molecule has 0 atom stereocenters. The summed E-state index contributed by atoms with van der Waals surface area (Å²) in [6, 6.07) is 17.4. The highest BCUT2D eigenvalue weighted by molar-refractivity contribution is 9.10. The van der Waals surface area contributed by atoms with Gasteiger partial charge in [-0.2, -0.15) is 0 Å². The largest absolute Gasteiger partial charge is 0.326 e. The molecule has 150 valence electrons. The molecule has 5 nitrogen and oxygen atoms in total. The number of carbonyl (C=O) groups excluding carboxylic acids is 1. The molecule has 1 N–H and O–H groups in total. The highest BCUT2D eigenvalue weighted by Crippen LogP contribution is 2.23. The van der Waals surface area contributed by atoms with Gasteiger partial charge in [0.25, 0.3) is 0 Å². The van der Waals surface area contributed by atoms with Gasteiger partial charge in [-0.15, -0.1) is 0 Å². The molecule has 7 heteroatoms. The number of anilines is 1. The number of nitrogens with zero attached hydrogens (tertiary/aromatic N) is 1. The molecule has 1 amide bonds. The molecule has 2 aromatic carbocycles. The molecular weight excluding hydrogens is 440 g/mol. The van der Waals surface area contributed by atoms with E-state index in [1.54, 1.807) is 4.31 Å². The number of rotatable bonds is 7. The zero-order chi connectivity index (χ0) is 20.0. The van der Waals surface area contributed by atoms with Crippen LogP contribution < -0.4 is 5.32 Å². The van der Waals surface area contributed by atoms with Gasteiger partial charge in [-0.25, -0.2) is 12.7 Å². The SMILES string of the molecule is O=C(Nc1cccc(Br)c1)C1CCN(S(=O)(=O)CCCc2ccccc2)CC1. The summed E-state index contributed by atoms with van der Waals surface area (Å²) in [5.41, 5.74) is 1.90. The van der Waals surface area contributed by atoms with E-state index in [1.807, 2.05) is 54.6 Å². The molecule has 2 aromatic rings. The van der Waals surface area contributed by atoms with Crippen LogP contribution in [0, 0.1) is 5.92 Å². The summed E-state index contributed by atoms with van der Waals surface area (Å²) in [6.45, 7) is 0.814. The fourth-order valence-corrected chi connectivity index (χ4v) is 5.37. The molecule has 0 aromatic heterocycles. The van der Waals surface area contributed by atoms with Crippen LogP contribution in [0.2, 0.25) is 0 Å². The molecule has 0 radical (unpaired) electrons. The van der Waals surface area contributed by atoms with E-state index in [-0.39, 0.29) is 17.6 Å². The summed E-state index contributed by atoms with van der Waals surface area (Å²) in [5.74, 6) is -0.0504. The summed E-state index contributed by atoms with van der Waals surface area (Å²) < 4.78 is 27.6. The Bertz CT molecular complexity index is 895. The number of aryl methyl sites for hydroxylation is 1. The molecule has 1 fully saturated rings. The van der Waals surface area contributed by atoms with Crippen LogP contribution in [0.3, 0.4) is 0 Å². The number of amides is 1. The van der Waals surface area contributed by atoms with E-state index >= 15 is 0 Å². The highest BCUT2D eigenvalue weighted by atomic mass is 79.9. The van der Waals surface area contributed by atoms with Crippen molar-refractivity contribution in [1.29, 1.82) is 0 Å². The number of sulfonamides is 1. The van der Waals surface area contributed by atoms with E-state index in [4.69, 9.17) is 0 Å². The Labute approximate surface area is 175 Å². The third kappa shape index (κ3) is 5.90. The average molecular weight is 465 g/mol. The molecular formula is C21H25BrN2O3S. The number of carbonyl (C=O) groups is 1. The second kappa shape index (κ2) is 9.67. The Balaban J connectivity index is 1.46. The van der Waals surface area contributed by atoms with Gasteiger partial charge in [0.2, 0.25) is 15.9 Å². The van der Waals surface area contributed by atoms with Crippen molar-refractivity contribution in [2.45, 2.75) is 25.7 Å². The number of nitrogens with one attached hydrogen (secondary N) is 1. The summed E-state index contributed by atoms with van der Waals surface area (Å²) in [7, 11) is -3.27. The molecule has 28 heavy (non-hydrogen) atoms. The lowest BCUT2D eigenvalue weighted by Crippen LogP contribution is -2.42. The smallest absolute Gasteiger partial charge is 0.227 e. The lowest BCUT2D eigenvalue weighted by Gasteiger charge is -2.30. The van der Waals surface area contributed by atoms with Gasteiger partial charge in [0.1, 0.15) is 0 Å². The monoisotopic (exact) mass is 464 g/mol. The first-order valence-corrected chi connectivity index (χ1v) is 11.9. The second-order valence-electron chi connectivity index (χ2n) is 7.08. The van der Waals surface area contributed by atoms with Crippen LogP contribution in [0.5, 0.6) is 0 Å². The lowest BCUT2D eigenvalue weighted by atomic mass is 9.97. The minimum Gasteiger partial charge on any atom is -0.326 e. The normalized spacial score (nSPS) is 16.0. The van der Waals surface area contributed by atoms with E-state index in [0.29, 0.717) is 32.4 Å². The summed E-state index contributed by atoms with van der Waals surface area (Å²) in [4.78, 5) is 12.5. The molecule has 1 aliphatic heterocycles. The van der Waals surface area contributed by atoms with E-state index in [2.05, 4.69) is 21.2 Å². The Morgan fingerprint density at radius 2 is 1.79 bits per heavy atom. The number of hydrogen-bond acceptors (Lipinski definition) is 3. The Morgan fingerprint density at radius 3 is 2.46 bits per heavy atom. The third-order valence-electron chi connectivity index (χ3n) is 5.02. The van der Waals surface area contributed by atoms with Gasteiger partial charge in [-0.3, -0.25) is 4.79 Å². The lowest BCUT2D eigenvalue weighted by molar-refractivity contribution is -0.120. The molecule has 0 aliphatic carbocycles. The maximum absolute atomic E-state index is 12.6. The van der Waals surface area contributed by atoms with E-state index in [1.165, 1.54) is 0 Å². The number of piperidine rings is 1. The Hall–Kier alpha value is -1.70. The van der Waals surface area contributed by atoms with Crippen LogP contribution in [0.25, 0.3) is 0 Å².